The number of carbonyl (C=O) groups is 1. The zero-order valence-electron chi connectivity index (χ0n) is 32.0. The second-order valence-electron chi connectivity index (χ2n) is 14.8. The summed E-state index contributed by atoms with van der Waals surface area (Å²) in [4.78, 5) is 15.7. The van der Waals surface area contributed by atoms with Crippen LogP contribution < -0.4 is 10.1 Å². The number of unbranched alkanes of at least 4 members (excludes halogenated alkanes) is 8. The van der Waals surface area contributed by atoms with E-state index in [0.717, 1.165) is 80.7 Å². The van der Waals surface area contributed by atoms with E-state index in [9.17, 15) is 45.6 Å². The number of benzene rings is 1. The van der Waals surface area contributed by atoms with Crippen molar-refractivity contribution in [2.75, 3.05) is 19.8 Å². The smallest absolute Gasteiger partial charge is 0.229 e. The second kappa shape index (κ2) is 23.5. The van der Waals surface area contributed by atoms with Crippen LogP contribution in [0, 0.1) is 0 Å². The molecule has 4 rings (SSSR count). The fraction of sp³-hybridized carbons (Fsp3) is 0.725. The lowest BCUT2D eigenvalue weighted by atomic mass is 9.98. The van der Waals surface area contributed by atoms with Crippen molar-refractivity contribution in [2.45, 2.75) is 164 Å². The molecule has 1 aromatic carbocycles. The van der Waals surface area contributed by atoms with E-state index in [1.54, 1.807) is 18.2 Å². The van der Waals surface area contributed by atoms with Gasteiger partial charge in [-0.25, -0.2) is 0 Å². The Kier molecular flexibility index (Phi) is 19.3. The molecule has 10 N–H and O–H groups in total. The van der Waals surface area contributed by atoms with Crippen molar-refractivity contribution in [3.63, 3.8) is 0 Å². The van der Waals surface area contributed by atoms with E-state index in [1.807, 2.05) is 13.1 Å². The molecule has 15 nitrogen and oxygen atoms in total. The van der Waals surface area contributed by atoms with Gasteiger partial charge in [-0.1, -0.05) is 51.2 Å². The van der Waals surface area contributed by atoms with E-state index in [0.29, 0.717) is 25.1 Å². The van der Waals surface area contributed by atoms with Crippen LogP contribution in [0.1, 0.15) is 96.0 Å². The predicted octanol–water partition coefficient (Wildman–Crippen LogP) is 1.84. The molecule has 1 aromatic heterocycles. The van der Waals surface area contributed by atoms with E-state index in [4.69, 9.17) is 18.9 Å². The van der Waals surface area contributed by atoms with Crippen LogP contribution in [0.2, 0.25) is 0 Å². The van der Waals surface area contributed by atoms with E-state index < -0.39 is 74.6 Å². The molecular formula is C40H64N2O13. The number of amides is 1. The van der Waals surface area contributed by atoms with Crippen LogP contribution in [0.4, 0.5) is 0 Å². The number of aliphatic hydroxyl groups is 8. The lowest BCUT2D eigenvalue weighted by Gasteiger charge is -2.42. The van der Waals surface area contributed by atoms with Gasteiger partial charge in [0.15, 0.2) is 6.29 Å². The summed E-state index contributed by atoms with van der Waals surface area (Å²) in [7, 11) is 0. The van der Waals surface area contributed by atoms with Gasteiger partial charge in [0.2, 0.25) is 12.2 Å². The minimum absolute atomic E-state index is 0.0188. The number of ether oxygens (including phenoxy) is 4. The summed E-state index contributed by atoms with van der Waals surface area (Å²) in [5.74, 6) is 0.329. The highest BCUT2D eigenvalue weighted by molar-refractivity contribution is 5.84. The summed E-state index contributed by atoms with van der Waals surface area (Å²) in [6.07, 6.45) is 4.80. The maximum Gasteiger partial charge on any atom is 0.229 e. The Morgan fingerprint density at radius 2 is 1.47 bits per heavy atom. The van der Waals surface area contributed by atoms with Gasteiger partial charge in [0.05, 0.1) is 19.3 Å². The molecule has 2 unspecified atom stereocenters. The Morgan fingerprint density at radius 1 is 0.836 bits per heavy atom. The molecule has 0 saturated carbocycles. The number of hydrogen-bond donors (Lipinski definition) is 10. The summed E-state index contributed by atoms with van der Waals surface area (Å²) >= 11 is 0. The first-order valence-electron chi connectivity index (χ1n) is 20.0. The third kappa shape index (κ3) is 13.7. The molecule has 312 valence electrons. The molecule has 3 heterocycles. The number of rotatable bonds is 24. The van der Waals surface area contributed by atoms with Gasteiger partial charge < -0.3 is 70.1 Å². The molecule has 2 aliphatic rings. The highest BCUT2D eigenvalue weighted by Crippen LogP contribution is 2.29. The minimum Gasteiger partial charge on any atom is -0.462 e. The number of allylic oxidation sites excluding steroid dienone is 2. The Labute approximate surface area is 323 Å². The average molecular weight is 781 g/mol. The van der Waals surface area contributed by atoms with Crippen LogP contribution in [0.15, 0.2) is 36.5 Å². The number of H-pyrrole nitrogens is 1. The Balaban J connectivity index is 1.14. The van der Waals surface area contributed by atoms with Gasteiger partial charge in [0.25, 0.3) is 0 Å². The summed E-state index contributed by atoms with van der Waals surface area (Å²) in [6, 6.07) is 5.18. The zero-order valence-corrected chi connectivity index (χ0v) is 32.0. The molecule has 1 amide bonds. The van der Waals surface area contributed by atoms with Crippen molar-refractivity contribution in [1.29, 1.82) is 0 Å². The van der Waals surface area contributed by atoms with Crippen LogP contribution in [0.3, 0.4) is 0 Å². The van der Waals surface area contributed by atoms with Gasteiger partial charge >= 0.3 is 0 Å². The highest BCUT2D eigenvalue weighted by atomic mass is 16.7. The van der Waals surface area contributed by atoms with Crippen LogP contribution in [-0.2, 0) is 25.4 Å². The number of hydrogen-bond acceptors (Lipinski definition) is 13. The molecule has 0 spiro atoms. The summed E-state index contributed by atoms with van der Waals surface area (Å²) in [5.41, 5.74) is 1.77. The number of aliphatic hydroxyl groups excluding tert-OH is 8. The fourth-order valence-electron chi connectivity index (χ4n) is 6.88. The van der Waals surface area contributed by atoms with Crippen LogP contribution in [0.25, 0.3) is 10.9 Å². The highest BCUT2D eigenvalue weighted by Gasteiger charge is 2.48. The Bertz CT molecular complexity index is 1420. The number of aromatic amines is 1. The van der Waals surface area contributed by atoms with Crippen LogP contribution in [-0.4, -0.2) is 139 Å². The van der Waals surface area contributed by atoms with Gasteiger partial charge in [0.1, 0.15) is 54.6 Å². The first-order chi connectivity index (χ1) is 26.5. The molecule has 2 fully saturated rings. The van der Waals surface area contributed by atoms with Gasteiger partial charge in [0, 0.05) is 30.1 Å². The monoisotopic (exact) mass is 780 g/mol. The maximum absolute atomic E-state index is 12.5. The lowest BCUT2D eigenvalue weighted by Crippen LogP contribution is -2.62. The molecule has 2 saturated heterocycles. The molecule has 0 bridgehead atoms. The van der Waals surface area contributed by atoms with Gasteiger partial charge in [-0.2, -0.15) is 0 Å². The Hall–Kier alpha value is -2.67. The molecule has 0 aliphatic carbocycles. The fourth-order valence-corrected chi connectivity index (χ4v) is 6.88. The molecule has 2 aromatic rings. The third-order valence-corrected chi connectivity index (χ3v) is 10.5. The summed E-state index contributed by atoms with van der Waals surface area (Å²) in [5, 5.41) is 84.9. The zero-order chi connectivity index (χ0) is 39.7. The van der Waals surface area contributed by atoms with Gasteiger partial charge in [-0.15, -0.1) is 0 Å². The summed E-state index contributed by atoms with van der Waals surface area (Å²) < 4.78 is 22.5. The quantitative estimate of drug-likeness (QED) is 0.0541. The largest absolute Gasteiger partial charge is 0.462 e. The minimum atomic E-state index is -1.68. The number of fused-ring (bicyclic) bond motifs is 1. The molecule has 15 heteroatoms. The van der Waals surface area contributed by atoms with Gasteiger partial charge in [-0.3, -0.25) is 4.79 Å². The normalized spacial score (nSPS) is 29.2. The molecule has 2 aliphatic heterocycles. The van der Waals surface area contributed by atoms with Crippen LogP contribution in [0.5, 0.6) is 5.75 Å². The first kappa shape index (κ1) is 45.0. The van der Waals surface area contributed by atoms with E-state index in [2.05, 4.69) is 22.5 Å². The van der Waals surface area contributed by atoms with E-state index >= 15 is 0 Å². The number of aromatic nitrogens is 1. The van der Waals surface area contributed by atoms with Crippen molar-refractivity contribution in [2.24, 2.45) is 0 Å². The van der Waals surface area contributed by atoms with Crippen LogP contribution >= 0.6 is 0 Å². The van der Waals surface area contributed by atoms with Crippen molar-refractivity contribution in [3.05, 3.63) is 42.1 Å². The molecule has 11 atom stereocenters. The first-order valence-corrected chi connectivity index (χ1v) is 20.0. The van der Waals surface area contributed by atoms with E-state index in [1.165, 1.54) is 12.8 Å². The van der Waals surface area contributed by atoms with E-state index in [-0.39, 0.29) is 12.0 Å². The number of nitrogens with one attached hydrogen (secondary N) is 2. The second-order valence-corrected chi connectivity index (χ2v) is 14.8. The summed E-state index contributed by atoms with van der Waals surface area (Å²) in [6.45, 7) is 1.35. The van der Waals surface area contributed by atoms with Crippen molar-refractivity contribution >= 4 is 16.8 Å². The average Bonchev–Trinajstić information content (AvgIpc) is 3.59. The topological polar surface area (TPSA) is 244 Å². The standard InChI is InChI=1S/C40H64N2O13/c1-2-26(44)15-13-11-9-7-5-3-4-6-8-10-12-14-16-32(45)41-20-19-25-22-42-29-18-17-27(21-28(25)29)53-40-38(51)36(49)34(47)31(55-40)24-52-39-37(50)35(48)33(46)30(23-43)54-39/h3,5,17-18,21-22,26,30-31,33-40,42-44,46-51H,2,4,6-16,19-20,23-24H2,1H3,(H,41,45)/b5-3-/t26?,30-,31-,33-,34-,35-,36-,37-,38+,39?,40-/m1/s1. The van der Waals surface area contributed by atoms with Crippen molar-refractivity contribution < 1.29 is 64.6 Å². The molecule has 55 heavy (non-hydrogen) atoms. The van der Waals surface area contributed by atoms with Gasteiger partial charge in [-0.05, 0) is 75.1 Å². The SMILES string of the molecule is CCC(O)CCCCC/C=C\CCCCCCCC(=O)NCCc1c[nH]c2ccc(O[C@@H]3O[C@H](COC4O[C@H](CO)[C@@H](O)[C@@H](O)[C@H]4O)[C@@H](O)[C@@H](O)[C@@H]3O)cc12. The molecule has 0 radical (unpaired) electrons. The van der Waals surface area contributed by atoms with Crippen molar-refractivity contribution in [3.8, 4) is 5.75 Å². The number of carbonyl (C=O) groups excluding carboxylic acids is 1. The Morgan fingerprint density at radius 3 is 2.18 bits per heavy atom. The lowest BCUT2D eigenvalue weighted by molar-refractivity contribution is -0.323. The predicted molar refractivity (Wildman–Crippen MR) is 203 cm³/mol. The maximum atomic E-state index is 12.5. The van der Waals surface area contributed by atoms with Crippen molar-refractivity contribution in [1.82, 2.24) is 10.3 Å². The third-order valence-electron chi connectivity index (χ3n) is 10.5. The molecular weight excluding hydrogens is 716 g/mol.